The molecule has 1 heterocycles. The highest BCUT2D eigenvalue weighted by Crippen LogP contribution is 2.36. The van der Waals surface area contributed by atoms with Gasteiger partial charge in [-0.3, -0.25) is 4.79 Å². The second kappa shape index (κ2) is 6.53. The first-order chi connectivity index (χ1) is 7.70. The van der Waals surface area contributed by atoms with E-state index in [0.29, 0.717) is 5.75 Å². The first-order valence-corrected chi connectivity index (χ1v) is 6.63. The molecule has 1 aromatic rings. The van der Waals surface area contributed by atoms with Crippen molar-refractivity contribution in [1.29, 1.82) is 5.26 Å². The highest BCUT2D eigenvalue weighted by molar-refractivity contribution is 7.99. The molecular weight excluding hydrogens is 244 g/mol. The third-order valence-electron chi connectivity index (χ3n) is 2.01. The standard InChI is InChI=1S/C10H12N2O2S2/c11-5-8(10(12)14)9(16-4-2-13)7-1-3-15-6-7/h1,3,6,8-9,13H,2,4H2,(H2,12,14). The summed E-state index contributed by atoms with van der Waals surface area (Å²) < 4.78 is 0. The van der Waals surface area contributed by atoms with Crippen molar-refractivity contribution in [2.75, 3.05) is 12.4 Å². The molecule has 0 spiro atoms. The summed E-state index contributed by atoms with van der Waals surface area (Å²) >= 11 is 2.88. The molecule has 0 aliphatic heterocycles. The maximum absolute atomic E-state index is 11.2. The van der Waals surface area contributed by atoms with Gasteiger partial charge in [-0.1, -0.05) is 0 Å². The Morgan fingerprint density at radius 3 is 2.94 bits per heavy atom. The van der Waals surface area contributed by atoms with E-state index in [4.69, 9.17) is 16.1 Å². The molecule has 2 atom stereocenters. The minimum absolute atomic E-state index is 0.0161. The molecule has 0 bridgehead atoms. The molecule has 86 valence electrons. The Kier molecular flexibility index (Phi) is 5.32. The smallest absolute Gasteiger partial charge is 0.236 e. The number of nitrogens with zero attached hydrogens (tertiary/aromatic N) is 1. The number of amides is 1. The van der Waals surface area contributed by atoms with Gasteiger partial charge in [0.05, 0.1) is 17.9 Å². The molecule has 1 amide bonds. The summed E-state index contributed by atoms with van der Waals surface area (Å²) in [6, 6.07) is 3.79. The number of aliphatic hydroxyl groups is 1. The average molecular weight is 256 g/mol. The molecule has 16 heavy (non-hydrogen) atoms. The van der Waals surface area contributed by atoms with E-state index in [9.17, 15) is 4.79 Å². The zero-order valence-electron chi connectivity index (χ0n) is 8.50. The van der Waals surface area contributed by atoms with Crippen molar-refractivity contribution in [3.8, 4) is 6.07 Å². The lowest BCUT2D eigenvalue weighted by Crippen LogP contribution is -2.26. The second-order valence-electron chi connectivity index (χ2n) is 3.08. The third kappa shape index (κ3) is 3.23. The first kappa shape index (κ1) is 13.0. The number of primary amides is 1. The lowest BCUT2D eigenvalue weighted by molar-refractivity contribution is -0.120. The molecule has 3 N–H and O–H groups in total. The Hall–Kier alpha value is -1.03. The molecule has 0 saturated heterocycles. The summed E-state index contributed by atoms with van der Waals surface area (Å²) in [4.78, 5) is 11.2. The Morgan fingerprint density at radius 1 is 1.75 bits per heavy atom. The number of nitriles is 1. The van der Waals surface area contributed by atoms with Crippen molar-refractivity contribution in [3.63, 3.8) is 0 Å². The summed E-state index contributed by atoms with van der Waals surface area (Å²) in [6.45, 7) is 0.0161. The van der Waals surface area contributed by atoms with Gasteiger partial charge in [0.15, 0.2) is 0 Å². The number of hydrogen-bond donors (Lipinski definition) is 2. The highest BCUT2D eigenvalue weighted by atomic mass is 32.2. The van der Waals surface area contributed by atoms with Crippen LogP contribution in [-0.4, -0.2) is 23.4 Å². The van der Waals surface area contributed by atoms with Gasteiger partial charge >= 0.3 is 0 Å². The molecular formula is C10H12N2O2S2. The van der Waals surface area contributed by atoms with Gasteiger partial charge < -0.3 is 10.8 Å². The highest BCUT2D eigenvalue weighted by Gasteiger charge is 2.28. The fourth-order valence-corrected chi connectivity index (χ4v) is 3.15. The Balaban J connectivity index is 2.87. The maximum atomic E-state index is 11.2. The van der Waals surface area contributed by atoms with E-state index in [-0.39, 0.29) is 11.9 Å². The van der Waals surface area contributed by atoms with Gasteiger partial charge in [0.25, 0.3) is 0 Å². The Bertz CT molecular complexity index is 373. The van der Waals surface area contributed by atoms with Crippen LogP contribution in [0.2, 0.25) is 0 Å². The zero-order chi connectivity index (χ0) is 12.0. The Morgan fingerprint density at radius 2 is 2.50 bits per heavy atom. The van der Waals surface area contributed by atoms with Gasteiger partial charge in [-0.2, -0.15) is 16.6 Å². The van der Waals surface area contributed by atoms with Crippen molar-refractivity contribution in [3.05, 3.63) is 22.4 Å². The number of hydrogen-bond acceptors (Lipinski definition) is 5. The number of carbonyl (C=O) groups excluding carboxylic acids is 1. The predicted molar refractivity (Wildman–Crippen MR) is 64.9 cm³/mol. The van der Waals surface area contributed by atoms with Crippen molar-refractivity contribution < 1.29 is 9.90 Å². The second-order valence-corrected chi connectivity index (χ2v) is 5.11. The maximum Gasteiger partial charge on any atom is 0.236 e. The van der Waals surface area contributed by atoms with E-state index >= 15 is 0 Å². The molecule has 1 rings (SSSR count). The summed E-state index contributed by atoms with van der Waals surface area (Å²) in [5.74, 6) is -0.998. The number of carbonyl (C=O) groups is 1. The summed E-state index contributed by atoms with van der Waals surface area (Å²) in [6.07, 6.45) is 0. The van der Waals surface area contributed by atoms with Crippen molar-refractivity contribution >= 4 is 29.0 Å². The van der Waals surface area contributed by atoms with Crippen LogP contribution in [0.3, 0.4) is 0 Å². The van der Waals surface area contributed by atoms with Gasteiger partial charge in [0.2, 0.25) is 5.91 Å². The lowest BCUT2D eigenvalue weighted by atomic mass is 10.0. The van der Waals surface area contributed by atoms with Crippen LogP contribution in [0.1, 0.15) is 10.8 Å². The number of aliphatic hydroxyl groups excluding tert-OH is 1. The van der Waals surface area contributed by atoms with Crippen LogP contribution in [0.15, 0.2) is 16.8 Å². The van der Waals surface area contributed by atoms with E-state index in [0.717, 1.165) is 5.56 Å². The van der Waals surface area contributed by atoms with Crippen molar-refractivity contribution in [2.45, 2.75) is 5.25 Å². The number of thiophene rings is 1. The van der Waals surface area contributed by atoms with E-state index in [1.54, 1.807) is 0 Å². The quantitative estimate of drug-likeness (QED) is 0.799. The molecule has 0 aliphatic carbocycles. The normalized spacial score (nSPS) is 14.0. The zero-order valence-corrected chi connectivity index (χ0v) is 10.1. The van der Waals surface area contributed by atoms with E-state index in [2.05, 4.69) is 0 Å². The van der Waals surface area contributed by atoms with Gasteiger partial charge in [-0.15, -0.1) is 11.8 Å². The summed E-state index contributed by atoms with van der Waals surface area (Å²) in [5.41, 5.74) is 6.10. The van der Waals surface area contributed by atoms with Crippen LogP contribution < -0.4 is 5.73 Å². The Labute approximate surface area is 102 Å². The third-order valence-corrected chi connectivity index (χ3v) is 4.03. The number of nitrogens with two attached hydrogens (primary N) is 1. The fourth-order valence-electron chi connectivity index (χ4n) is 1.28. The molecule has 6 heteroatoms. The van der Waals surface area contributed by atoms with Crippen LogP contribution >= 0.6 is 23.1 Å². The van der Waals surface area contributed by atoms with E-state index < -0.39 is 11.8 Å². The SMILES string of the molecule is N#CC(C(N)=O)C(SCCO)c1ccsc1. The minimum atomic E-state index is -0.855. The van der Waals surface area contributed by atoms with E-state index in [1.807, 2.05) is 22.9 Å². The van der Waals surface area contributed by atoms with Crippen LogP contribution in [0.4, 0.5) is 0 Å². The van der Waals surface area contributed by atoms with Crippen LogP contribution in [0, 0.1) is 17.2 Å². The predicted octanol–water partition coefficient (Wildman–Crippen LogP) is 1.14. The van der Waals surface area contributed by atoms with Gasteiger partial charge in [-0.05, 0) is 22.4 Å². The molecule has 0 saturated carbocycles. The molecule has 2 unspecified atom stereocenters. The minimum Gasteiger partial charge on any atom is -0.396 e. The lowest BCUT2D eigenvalue weighted by Gasteiger charge is -2.17. The largest absolute Gasteiger partial charge is 0.396 e. The summed E-state index contributed by atoms with van der Waals surface area (Å²) in [5, 5.41) is 21.2. The molecule has 0 fully saturated rings. The van der Waals surface area contributed by atoms with E-state index in [1.165, 1.54) is 23.1 Å². The average Bonchev–Trinajstić information content (AvgIpc) is 2.76. The number of thioether (sulfide) groups is 1. The van der Waals surface area contributed by atoms with Crippen molar-refractivity contribution in [2.24, 2.45) is 11.7 Å². The van der Waals surface area contributed by atoms with Crippen molar-refractivity contribution in [1.82, 2.24) is 0 Å². The first-order valence-electron chi connectivity index (χ1n) is 4.64. The molecule has 1 aromatic heterocycles. The molecule has 0 radical (unpaired) electrons. The molecule has 0 aromatic carbocycles. The van der Waals surface area contributed by atoms with Gasteiger partial charge in [0, 0.05) is 5.75 Å². The van der Waals surface area contributed by atoms with Crippen LogP contribution in [-0.2, 0) is 4.79 Å². The molecule has 0 aliphatic rings. The molecule has 4 nitrogen and oxygen atoms in total. The fraction of sp³-hybridized carbons (Fsp3) is 0.400. The van der Waals surface area contributed by atoms with Crippen LogP contribution in [0.25, 0.3) is 0 Å². The monoisotopic (exact) mass is 256 g/mol. The van der Waals surface area contributed by atoms with Crippen LogP contribution in [0.5, 0.6) is 0 Å². The summed E-state index contributed by atoms with van der Waals surface area (Å²) in [7, 11) is 0. The van der Waals surface area contributed by atoms with Gasteiger partial charge in [-0.25, -0.2) is 0 Å². The topological polar surface area (TPSA) is 87.1 Å². The number of rotatable bonds is 6. The van der Waals surface area contributed by atoms with Gasteiger partial charge in [0.1, 0.15) is 5.92 Å².